The first-order chi connectivity index (χ1) is 26.4. The summed E-state index contributed by atoms with van der Waals surface area (Å²) in [6, 6.07) is 27.1. The lowest BCUT2D eigenvalue weighted by Gasteiger charge is -2.29. The molecule has 1 heterocycles. The van der Waals surface area contributed by atoms with E-state index in [1.807, 2.05) is 18.2 Å². The van der Waals surface area contributed by atoms with Gasteiger partial charge < -0.3 is 20.4 Å². The molecule has 0 amide bonds. The first-order valence-electron chi connectivity index (χ1n) is 20.6. The van der Waals surface area contributed by atoms with Crippen LogP contribution in [0.15, 0.2) is 78.9 Å². The molecule has 1 aliphatic rings. The third kappa shape index (κ3) is 9.36. The molecule has 4 N–H and O–H groups in total. The Morgan fingerprint density at radius 1 is 0.386 bits per heavy atom. The van der Waals surface area contributed by atoms with Crippen LogP contribution in [0.1, 0.15) is 155 Å². The van der Waals surface area contributed by atoms with E-state index in [1.165, 1.54) is 0 Å². The predicted molar refractivity (Wildman–Crippen MR) is 235 cm³/mol. The van der Waals surface area contributed by atoms with E-state index in [1.54, 1.807) is 0 Å². The number of fused-ring (bicyclic) bond motifs is 8. The molecule has 1 aliphatic heterocycles. The lowest BCUT2D eigenvalue weighted by Crippen LogP contribution is -2.24. The van der Waals surface area contributed by atoms with Crippen LogP contribution in [0.4, 0.5) is 0 Å². The Bertz CT molecular complexity index is 2130. The molecule has 0 aliphatic carbocycles. The second-order valence-corrected chi connectivity index (χ2v) is 20.7. The molecule has 6 rings (SSSR count). The molecule has 0 saturated heterocycles. The predicted octanol–water partition coefficient (Wildman–Crippen LogP) is 12.0. The van der Waals surface area contributed by atoms with E-state index in [2.05, 4.69) is 149 Å². The van der Waals surface area contributed by atoms with Crippen LogP contribution in [-0.2, 0) is 60.6 Å². The molecule has 5 heteroatoms. The van der Waals surface area contributed by atoms with Crippen LogP contribution in [0.5, 0.6) is 23.0 Å². The third-order valence-electron chi connectivity index (χ3n) is 11.7. The van der Waals surface area contributed by atoms with Gasteiger partial charge in [0.05, 0.1) is 0 Å². The van der Waals surface area contributed by atoms with Crippen LogP contribution in [0.2, 0.25) is 0 Å². The van der Waals surface area contributed by atoms with Gasteiger partial charge in [0.15, 0.2) is 0 Å². The monoisotopic (exact) mass is 767 g/mol. The minimum Gasteiger partial charge on any atom is -0.507 e. The van der Waals surface area contributed by atoms with Crippen molar-refractivity contribution in [2.24, 2.45) is 0 Å². The van der Waals surface area contributed by atoms with Gasteiger partial charge in [0.25, 0.3) is 0 Å². The molecule has 0 atom stereocenters. The van der Waals surface area contributed by atoms with E-state index in [9.17, 15) is 20.4 Å². The van der Waals surface area contributed by atoms with Crippen LogP contribution < -0.4 is 0 Å². The van der Waals surface area contributed by atoms with Gasteiger partial charge in [-0.3, -0.25) is 4.90 Å². The Balaban J connectivity index is 1.68. The standard InChI is InChI=1S/C52H65NO4/c1-49(2,3)41-21-33-18-34-22-42(50(4,5)6)24-36(46(34)55)20-38-26-44(52(10,11)12)28-40(48(38)57)31-53(29-32-16-14-13-15-17-32)30-39-27-43(51(7,8)9)25-37(47(39)56)19-35(23-41)45(33)54/h13-17,21-28,54-57H,18-20,29-31H2,1-12H3. The Morgan fingerprint density at radius 2 is 0.632 bits per heavy atom. The van der Waals surface area contributed by atoms with Crippen molar-refractivity contribution in [2.45, 2.75) is 144 Å². The van der Waals surface area contributed by atoms with Crippen LogP contribution in [-0.4, -0.2) is 25.3 Å². The van der Waals surface area contributed by atoms with Crippen LogP contribution in [0, 0.1) is 0 Å². The number of nitrogens with zero attached hydrogens (tertiary/aromatic N) is 1. The van der Waals surface area contributed by atoms with Gasteiger partial charge >= 0.3 is 0 Å². The molecule has 302 valence electrons. The molecule has 0 spiro atoms. The van der Waals surface area contributed by atoms with Gasteiger partial charge in [-0.15, -0.1) is 0 Å². The second kappa shape index (κ2) is 15.2. The fraction of sp³-hybridized carbons (Fsp3) is 0.423. The molecular weight excluding hydrogens is 703 g/mol. The largest absolute Gasteiger partial charge is 0.507 e. The molecule has 0 radical (unpaired) electrons. The number of hydrogen-bond acceptors (Lipinski definition) is 5. The molecular formula is C52H65NO4. The number of phenolic OH excluding ortho intramolecular Hbond substituents is 4. The maximum Gasteiger partial charge on any atom is 0.123 e. The molecule has 5 aromatic rings. The molecule has 0 saturated carbocycles. The van der Waals surface area contributed by atoms with Crippen LogP contribution in [0.3, 0.4) is 0 Å². The summed E-state index contributed by atoms with van der Waals surface area (Å²) in [6.45, 7) is 27.6. The zero-order chi connectivity index (χ0) is 41.8. The minimum atomic E-state index is -0.222. The molecule has 5 nitrogen and oxygen atoms in total. The maximum atomic E-state index is 12.3. The molecule has 57 heavy (non-hydrogen) atoms. The van der Waals surface area contributed by atoms with Crippen molar-refractivity contribution >= 4 is 0 Å². The summed E-state index contributed by atoms with van der Waals surface area (Å²) in [5.41, 5.74) is 10.7. The van der Waals surface area contributed by atoms with Gasteiger partial charge in [-0.2, -0.15) is 0 Å². The number of phenols is 4. The zero-order valence-corrected chi connectivity index (χ0v) is 36.5. The lowest BCUT2D eigenvalue weighted by atomic mass is 9.80. The number of rotatable bonds is 2. The first kappa shape index (κ1) is 41.9. The van der Waals surface area contributed by atoms with Crippen LogP contribution >= 0.6 is 0 Å². The van der Waals surface area contributed by atoms with E-state index in [0.717, 1.165) is 72.3 Å². The first-order valence-corrected chi connectivity index (χ1v) is 20.6. The van der Waals surface area contributed by atoms with Gasteiger partial charge in [-0.05, 0) is 82.9 Å². The van der Waals surface area contributed by atoms with Gasteiger partial charge in [0, 0.05) is 50.0 Å². The summed E-state index contributed by atoms with van der Waals surface area (Å²) in [7, 11) is 0. The number of benzene rings is 5. The molecule has 0 unspecified atom stereocenters. The van der Waals surface area contributed by atoms with Crippen molar-refractivity contribution in [1.82, 2.24) is 4.90 Å². The van der Waals surface area contributed by atoms with Crippen molar-refractivity contribution in [2.75, 3.05) is 0 Å². The highest BCUT2D eigenvalue weighted by Crippen LogP contribution is 2.42. The smallest absolute Gasteiger partial charge is 0.123 e. The Kier molecular flexibility index (Phi) is 11.2. The highest BCUT2D eigenvalue weighted by atomic mass is 16.3. The maximum absolute atomic E-state index is 12.3. The van der Waals surface area contributed by atoms with E-state index in [0.29, 0.717) is 38.9 Å². The highest BCUT2D eigenvalue weighted by molar-refractivity contribution is 5.57. The van der Waals surface area contributed by atoms with Gasteiger partial charge in [0.2, 0.25) is 0 Å². The average Bonchev–Trinajstić information content (AvgIpc) is 3.09. The van der Waals surface area contributed by atoms with Gasteiger partial charge in [0.1, 0.15) is 23.0 Å². The summed E-state index contributed by atoms with van der Waals surface area (Å²) in [5.74, 6) is 0.800. The minimum absolute atomic E-state index is 0.180. The highest BCUT2D eigenvalue weighted by Gasteiger charge is 2.28. The number of aromatic hydroxyl groups is 4. The van der Waals surface area contributed by atoms with Gasteiger partial charge in [-0.1, -0.05) is 162 Å². The second-order valence-electron chi connectivity index (χ2n) is 20.7. The third-order valence-corrected chi connectivity index (χ3v) is 11.7. The van der Waals surface area contributed by atoms with Crippen LogP contribution in [0.25, 0.3) is 0 Å². The fourth-order valence-corrected chi connectivity index (χ4v) is 7.93. The topological polar surface area (TPSA) is 84.2 Å². The summed E-state index contributed by atoms with van der Waals surface area (Å²) in [4.78, 5) is 2.29. The van der Waals surface area contributed by atoms with E-state index >= 15 is 0 Å². The van der Waals surface area contributed by atoms with Crippen molar-refractivity contribution < 1.29 is 20.4 Å². The summed E-state index contributed by atoms with van der Waals surface area (Å²) < 4.78 is 0. The molecule has 5 aromatic carbocycles. The van der Waals surface area contributed by atoms with E-state index in [-0.39, 0.29) is 44.7 Å². The molecule has 8 bridgehead atoms. The Morgan fingerprint density at radius 3 is 0.895 bits per heavy atom. The molecule has 0 aromatic heterocycles. The Labute approximate surface area is 342 Å². The zero-order valence-electron chi connectivity index (χ0n) is 36.5. The van der Waals surface area contributed by atoms with Crippen molar-refractivity contribution in [1.29, 1.82) is 0 Å². The van der Waals surface area contributed by atoms with Crippen molar-refractivity contribution in [3.63, 3.8) is 0 Å². The summed E-state index contributed by atoms with van der Waals surface area (Å²) in [6.07, 6.45) is 0.987. The fourth-order valence-electron chi connectivity index (χ4n) is 7.93. The van der Waals surface area contributed by atoms with E-state index in [4.69, 9.17) is 0 Å². The number of hydrogen-bond donors (Lipinski definition) is 4. The van der Waals surface area contributed by atoms with Crippen molar-refractivity contribution in [3.05, 3.63) is 151 Å². The van der Waals surface area contributed by atoms with Gasteiger partial charge in [-0.25, -0.2) is 0 Å². The summed E-state index contributed by atoms with van der Waals surface area (Å²) in [5, 5.41) is 48.9. The van der Waals surface area contributed by atoms with E-state index < -0.39 is 0 Å². The lowest BCUT2D eigenvalue weighted by molar-refractivity contribution is 0.240. The Hall–Kier alpha value is -4.74. The quantitative estimate of drug-likeness (QED) is 0.144. The van der Waals surface area contributed by atoms with Crippen molar-refractivity contribution in [3.8, 4) is 23.0 Å². The summed E-state index contributed by atoms with van der Waals surface area (Å²) >= 11 is 0. The SMILES string of the molecule is CC(C)(C)c1cc2c(O)c(c1)Cc1cc(C(C)(C)C)cc(c1O)CN(Cc1ccccc1)Cc1cc(C(C)(C)C)cc(c1O)Cc1cc(C(C)(C)C)cc(c1O)C2. The average molecular weight is 768 g/mol. The normalized spacial score (nSPS) is 14.6. The molecule has 0 fully saturated rings.